The number of nitrogens with one attached hydrogen (secondary N) is 1. The molecule has 4 nitrogen and oxygen atoms in total. The molecule has 0 aliphatic carbocycles. The number of halogens is 1. The summed E-state index contributed by atoms with van der Waals surface area (Å²) in [6, 6.07) is 15.4. The minimum atomic E-state index is -0.539. The molecule has 2 atom stereocenters. The Morgan fingerprint density at radius 3 is 2.38 bits per heavy atom. The normalized spacial score (nSPS) is 13.9. The van der Waals surface area contributed by atoms with Gasteiger partial charge >= 0.3 is 6.09 Å². The average molecular weight is 391 g/mol. The van der Waals surface area contributed by atoms with Crippen LogP contribution in [0.3, 0.4) is 0 Å². The summed E-state index contributed by atoms with van der Waals surface area (Å²) in [7, 11) is 0. The highest BCUT2D eigenvalue weighted by Crippen LogP contribution is 2.30. The van der Waals surface area contributed by atoms with Crippen molar-refractivity contribution >= 4 is 22.0 Å². The first-order valence-electron chi connectivity index (χ1n) is 7.93. The molecule has 1 heterocycles. The Kier molecular flexibility index (Phi) is 5.99. The molecule has 0 aliphatic heterocycles. The van der Waals surface area contributed by atoms with Gasteiger partial charge < -0.3 is 10.1 Å². The zero-order valence-electron chi connectivity index (χ0n) is 14.4. The number of aromatic nitrogens is 1. The van der Waals surface area contributed by atoms with Crippen molar-refractivity contribution in [2.24, 2.45) is 0 Å². The minimum absolute atomic E-state index is 0.0163. The van der Waals surface area contributed by atoms with Crippen LogP contribution in [-0.2, 0) is 4.74 Å². The first-order valence-corrected chi connectivity index (χ1v) is 8.72. The van der Waals surface area contributed by atoms with E-state index in [4.69, 9.17) is 4.74 Å². The van der Waals surface area contributed by atoms with Gasteiger partial charge in [-0.25, -0.2) is 9.78 Å². The van der Waals surface area contributed by atoms with Crippen LogP contribution in [0.15, 0.2) is 53.1 Å². The van der Waals surface area contributed by atoms with Gasteiger partial charge in [0.05, 0.1) is 6.04 Å². The molecule has 1 N–H and O–H groups in total. The molecule has 5 heteroatoms. The van der Waals surface area contributed by atoms with Crippen LogP contribution in [0.25, 0.3) is 0 Å². The van der Waals surface area contributed by atoms with E-state index in [1.54, 1.807) is 0 Å². The molecule has 0 aliphatic rings. The van der Waals surface area contributed by atoms with Crippen LogP contribution in [0.1, 0.15) is 50.9 Å². The molecule has 2 rings (SSSR count). The molecular formula is C19H23BrN2O2. The number of ether oxygens (including phenoxy) is 1. The summed E-state index contributed by atoms with van der Waals surface area (Å²) >= 11 is 3.40. The van der Waals surface area contributed by atoms with E-state index in [1.807, 2.05) is 76.2 Å². The highest BCUT2D eigenvalue weighted by molar-refractivity contribution is 9.10. The van der Waals surface area contributed by atoms with E-state index >= 15 is 0 Å². The number of carbonyl (C=O) groups excluding carboxylic acids is 1. The molecule has 2 aromatic rings. The molecule has 1 amide bonds. The van der Waals surface area contributed by atoms with E-state index in [9.17, 15) is 4.79 Å². The van der Waals surface area contributed by atoms with Crippen molar-refractivity contribution < 1.29 is 9.53 Å². The number of hydrogen-bond donors (Lipinski definition) is 1. The summed E-state index contributed by atoms with van der Waals surface area (Å²) in [4.78, 5) is 16.8. The van der Waals surface area contributed by atoms with E-state index in [-0.39, 0.29) is 12.0 Å². The van der Waals surface area contributed by atoms with Crippen LogP contribution >= 0.6 is 15.9 Å². The number of nitrogens with zero attached hydrogens (tertiary/aromatic N) is 1. The third kappa shape index (κ3) is 5.34. The highest BCUT2D eigenvalue weighted by Gasteiger charge is 2.26. The van der Waals surface area contributed by atoms with Crippen LogP contribution in [0.5, 0.6) is 0 Å². The Labute approximate surface area is 151 Å². The van der Waals surface area contributed by atoms with Crippen LogP contribution in [0, 0.1) is 0 Å². The van der Waals surface area contributed by atoms with E-state index in [0.717, 1.165) is 15.9 Å². The van der Waals surface area contributed by atoms with Crippen LogP contribution in [0.4, 0.5) is 4.79 Å². The van der Waals surface area contributed by atoms with Crippen molar-refractivity contribution in [1.82, 2.24) is 10.3 Å². The van der Waals surface area contributed by atoms with Crippen LogP contribution < -0.4 is 5.32 Å². The number of carbonyl (C=O) groups is 1. The summed E-state index contributed by atoms with van der Waals surface area (Å²) < 4.78 is 6.19. The van der Waals surface area contributed by atoms with Crippen molar-refractivity contribution in [3.05, 3.63) is 64.4 Å². The van der Waals surface area contributed by atoms with Gasteiger partial charge in [-0.1, -0.05) is 43.3 Å². The van der Waals surface area contributed by atoms with Gasteiger partial charge in [0.25, 0.3) is 0 Å². The molecule has 128 valence electrons. The largest absolute Gasteiger partial charge is 0.444 e. The Morgan fingerprint density at radius 1 is 1.12 bits per heavy atom. The topological polar surface area (TPSA) is 51.2 Å². The number of alkyl carbamates (subject to hydrolysis) is 1. The third-order valence-corrected chi connectivity index (χ3v) is 3.98. The van der Waals surface area contributed by atoms with E-state index < -0.39 is 11.7 Å². The maximum Gasteiger partial charge on any atom is 0.408 e. The number of rotatable bonds is 4. The summed E-state index contributed by atoms with van der Waals surface area (Å²) in [6.07, 6.45) is -0.432. The molecule has 0 saturated carbocycles. The average Bonchev–Trinajstić information content (AvgIpc) is 2.51. The molecular weight excluding hydrogens is 368 g/mol. The van der Waals surface area contributed by atoms with Crippen molar-refractivity contribution in [1.29, 1.82) is 0 Å². The zero-order chi connectivity index (χ0) is 17.7. The van der Waals surface area contributed by atoms with Gasteiger partial charge in [-0.15, -0.1) is 0 Å². The molecule has 1 aromatic heterocycles. The van der Waals surface area contributed by atoms with Gasteiger partial charge in [0.2, 0.25) is 0 Å². The Bertz CT molecular complexity index is 683. The Hall–Kier alpha value is -1.88. The maximum atomic E-state index is 12.3. The highest BCUT2D eigenvalue weighted by atomic mass is 79.9. The summed E-state index contributed by atoms with van der Waals surface area (Å²) in [5.74, 6) is -0.0163. The van der Waals surface area contributed by atoms with E-state index in [2.05, 4.69) is 26.2 Å². The predicted molar refractivity (Wildman–Crippen MR) is 98.9 cm³/mol. The first kappa shape index (κ1) is 18.5. The van der Waals surface area contributed by atoms with Crippen LogP contribution in [-0.4, -0.2) is 16.7 Å². The second-order valence-corrected chi connectivity index (χ2v) is 7.52. The quantitative estimate of drug-likeness (QED) is 0.728. The van der Waals surface area contributed by atoms with Crippen molar-refractivity contribution in [3.8, 4) is 0 Å². The molecule has 0 spiro atoms. The van der Waals surface area contributed by atoms with Crippen molar-refractivity contribution in [3.63, 3.8) is 0 Å². The second kappa shape index (κ2) is 7.79. The summed E-state index contributed by atoms with van der Waals surface area (Å²) in [5.41, 5.74) is 1.37. The van der Waals surface area contributed by atoms with Gasteiger partial charge in [0.15, 0.2) is 0 Å². The molecule has 0 radical (unpaired) electrons. The fourth-order valence-corrected chi connectivity index (χ4v) is 2.80. The molecule has 0 bridgehead atoms. The fourth-order valence-electron chi connectivity index (χ4n) is 2.44. The Morgan fingerprint density at radius 2 is 1.79 bits per heavy atom. The summed E-state index contributed by atoms with van der Waals surface area (Å²) in [5, 5.41) is 2.99. The number of amides is 1. The molecule has 1 aromatic carbocycles. The standard InChI is InChI=1S/C19H23BrN2O2/c1-13(15-11-8-12-16(20)21-15)17(14-9-6-5-7-10-14)22-18(23)24-19(2,3)4/h5-13,17H,1-4H3,(H,22,23)/t13-,17-/m1/s1. The lowest BCUT2D eigenvalue weighted by molar-refractivity contribution is 0.0496. The lowest BCUT2D eigenvalue weighted by Gasteiger charge is -2.27. The Balaban J connectivity index is 2.28. The van der Waals surface area contributed by atoms with Gasteiger partial charge in [-0.2, -0.15) is 0 Å². The van der Waals surface area contributed by atoms with Gasteiger partial charge in [0.1, 0.15) is 10.2 Å². The molecule has 0 saturated heterocycles. The maximum absolute atomic E-state index is 12.3. The second-order valence-electron chi connectivity index (χ2n) is 6.71. The van der Waals surface area contributed by atoms with Gasteiger partial charge in [0, 0.05) is 11.6 Å². The minimum Gasteiger partial charge on any atom is -0.444 e. The smallest absolute Gasteiger partial charge is 0.408 e. The number of benzene rings is 1. The molecule has 24 heavy (non-hydrogen) atoms. The van der Waals surface area contributed by atoms with Gasteiger partial charge in [-0.05, 0) is 54.4 Å². The van der Waals surface area contributed by atoms with Crippen molar-refractivity contribution in [2.75, 3.05) is 0 Å². The predicted octanol–water partition coefficient (Wildman–Crippen LogP) is 5.21. The number of pyridine rings is 1. The van der Waals surface area contributed by atoms with Crippen LogP contribution in [0.2, 0.25) is 0 Å². The fraction of sp³-hybridized carbons (Fsp3) is 0.368. The van der Waals surface area contributed by atoms with Crippen molar-refractivity contribution in [2.45, 2.75) is 45.3 Å². The van der Waals surface area contributed by atoms with E-state index in [0.29, 0.717) is 0 Å². The molecule has 0 unspecified atom stereocenters. The lowest BCUT2D eigenvalue weighted by Crippen LogP contribution is -2.37. The number of hydrogen-bond acceptors (Lipinski definition) is 3. The monoisotopic (exact) mass is 390 g/mol. The first-order chi connectivity index (χ1) is 11.3. The lowest BCUT2D eigenvalue weighted by atomic mass is 9.91. The van der Waals surface area contributed by atoms with Gasteiger partial charge in [-0.3, -0.25) is 0 Å². The summed E-state index contributed by atoms with van der Waals surface area (Å²) in [6.45, 7) is 7.60. The third-order valence-electron chi connectivity index (χ3n) is 3.53. The van der Waals surface area contributed by atoms with E-state index in [1.165, 1.54) is 0 Å². The SMILES string of the molecule is C[C@H](c1cccc(Br)n1)[C@@H](NC(=O)OC(C)(C)C)c1ccccc1. The zero-order valence-corrected chi connectivity index (χ0v) is 16.0. The molecule has 0 fully saturated rings.